The smallest absolute Gasteiger partial charge is 0.307 e. The fourth-order valence-corrected chi connectivity index (χ4v) is 2.61. The summed E-state index contributed by atoms with van der Waals surface area (Å²) in [6.45, 7) is 5.00. The predicted molar refractivity (Wildman–Crippen MR) is 71.7 cm³/mol. The molecule has 1 fully saturated rings. The summed E-state index contributed by atoms with van der Waals surface area (Å²) in [7, 11) is 1.58. The molecule has 0 aromatic heterocycles. The number of amides is 1. The molecule has 1 rings (SSSR count). The molecule has 1 saturated carbocycles. The number of methoxy groups -OCH3 is 1. The van der Waals surface area contributed by atoms with Gasteiger partial charge in [0, 0.05) is 20.2 Å². The zero-order valence-corrected chi connectivity index (χ0v) is 11.5. The minimum absolute atomic E-state index is 0.0796. The van der Waals surface area contributed by atoms with E-state index in [0.717, 1.165) is 12.8 Å². The van der Waals surface area contributed by atoms with Gasteiger partial charge in [-0.05, 0) is 12.8 Å². The summed E-state index contributed by atoms with van der Waals surface area (Å²) in [6, 6.07) is 0. The third-order valence-electron chi connectivity index (χ3n) is 3.63. The van der Waals surface area contributed by atoms with Crippen molar-refractivity contribution in [3.05, 3.63) is 12.7 Å². The van der Waals surface area contributed by atoms with Crippen molar-refractivity contribution in [2.45, 2.75) is 25.7 Å². The highest BCUT2D eigenvalue weighted by molar-refractivity contribution is 5.85. The van der Waals surface area contributed by atoms with Gasteiger partial charge in [-0.2, -0.15) is 0 Å². The molecule has 1 N–H and O–H groups in total. The zero-order valence-electron chi connectivity index (χ0n) is 11.5. The van der Waals surface area contributed by atoms with Gasteiger partial charge < -0.3 is 14.7 Å². The molecule has 1 aliphatic carbocycles. The number of carbonyl (C=O) groups excluding carboxylic acids is 1. The van der Waals surface area contributed by atoms with Crippen LogP contribution in [0.5, 0.6) is 0 Å². The van der Waals surface area contributed by atoms with Gasteiger partial charge in [-0.15, -0.1) is 6.58 Å². The largest absolute Gasteiger partial charge is 0.481 e. The Kier molecular flexibility index (Phi) is 6.56. The van der Waals surface area contributed by atoms with Crippen LogP contribution in [0.4, 0.5) is 0 Å². The van der Waals surface area contributed by atoms with Crippen molar-refractivity contribution < 1.29 is 19.4 Å². The van der Waals surface area contributed by atoms with Gasteiger partial charge >= 0.3 is 5.97 Å². The molecule has 0 bridgehead atoms. The first kappa shape index (κ1) is 15.7. The van der Waals surface area contributed by atoms with Crippen molar-refractivity contribution in [3.8, 4) is 0 Å². The molecule has 0 aromatic carbocycles. The fraction of sp³-hybridized carbons (Fsp3) is 0.714. The second-order valence-electron chi connectivity index (χ2n) is 4.90. The molecule has 5 heteroatoms. The Morgan fingerprint density at radius 2 is 2.00 bits per heavy atom. The quantitative estimate of drug-likeness (QED) is 0.712. The molecular weight excluding hydrogens is 246 g/mol. The van der Waals surface area contributed by atoms with Crippen molar-refractivity contribution in [3.63, 3.8) is 0 Å². The summed E-state index contributed by atoms with van der Waals surface area (Å²) >= 11 is 0. The van der Waals surface area contributed by atoms with E-state index in [1.807, 2.05) is 0 Å². The lowest BCUT2D eigenvalue weighted by molar-refractivity contribution is -0.152. The Labute approximate surface area is 114 Å². The van der Waals surface area contributed by atoms with Gasteiger partial charge in [-0.25, -0.2) is 0 Å². The van der Waals surface area contributed by atoms with E-state index in [0.29, 0.717) is 32.5 Å². The summed E-state index contributed by atoms with van der Waals surface area (Å²) in [5.41, 5.74) is 0. The number of hydrogen-bond acceptors (Lipinski definition) is 3. The van der Waals surface area contributed by atoms with E-state index >= 15 is 0 Å². The lowest BCUT2D eigenvalue weighted by Gasteiger charge is -2.32. The first-order valence-electron chi connectivity index (χ1n) is 6.73. The minimum Gasteiger partial charge on any atom is -0.481 e. The third kappa shape index (κ3) is 4.35. The Morgan fingerprint density at radius 3 is 2.53 bits per heavy atom. The first-order chi connectivity index (χ1) is 9.11. The van der Waals surface area contributed by atoms with Gasteiger partial charge in [0.2, 0.25) is 5.91 Å². The minimum atomic E-state index is -0.858. The lowest BCUT2D eigenvalue weighted by Crippen LogP contribution is -2.43. The van der Waals surface area contributed by atoms with Crippen molar-refractivity contribution in [1.29, 1.82) is 0 Å². The molecule has 2 atom stereocenters. The van der Waals surface area contributed by atoms with Crippen LogP contribution in [0.25, 0.3) is 0 Å². The second kappa shape index (κ2) is 7.94. The van der Waals surface area contributed by atoms with Crippen molar-refractivity contribution in [2.75, 3.05) is 26.8 Å². The molecule has 0 spiro atoms. The molecule has 0 saturated heterocycles. The van der Waals surface area contributed by atoms with Crippen LogP contribution in [0.1, 0.15) is 25.7 Å². The molecule has 5 nitrogen and oxygen atoms in total. The van der Waals surface area contributed by atoms with Crippen LogP contribution < -0.4 is 0 Å². The van der Waals surface area contributed by atoms with Gasteiger partial charge in [0.05, 0.1) is 18.4 Å². The number of carbonyl (C=O) groups is 2. The highest BCUT2D eigenvalue weighted by Gasteiger charge is 2.37. The maximum absolute atomic E-state index is 12.5. The van der Waals surface area contributed by atoms with Gasteiger partial charge in [-0.3, -0.25) is 9.59 Å². The van der Waals surface area contributed by atoms with E-state index in [-0.39, 0.29) is 5.91 Å². The molecule has 2 unspecified atom stereocenters. The third-order valence-corrected chi connectivity index (χ3v) is 3.63. The van der Waals surface area contributed by atoms with E-state index in [1.54, 1.807) is 18.1 Å². The standard InChI is InChI=1S/C14H23NO4/c1-3-8-15(9-10-19-2)13(16)11-6-4-5-7-12(11)14(17)18/h3,11-12H,1,4-10H2,2H3,(H,17,18). The number of ether oxygens (including phenoxy) is 1. The number of aliphatic carboxylic acids is 1. The summed E-state index contributed by atoms with van der Waals surface area (Å²) in [4.78, 5) is 25.4. The molecule has 19 heavy (non-hydrogen) atoms. The Bertz CT molecular complexity index is 329. The predicted octanol–water partition coefficient (Wildman–Crippen LogP) is 1.54. The van der Waals surface area contributed by atoms with E-state index in [9.17, 15) is 14.7 Å². The molecule has 1 aliphatic rings. The van der Waals surface area contributed by atoms with Gasteiger partial charge in [0.1, 0.15) is 0 Å². The van der Waals surface area contributed by atoms with Crippen LogP contribution in [0, 0.1) is 11.8 Å². The van der Waals surface area contributed by atoms with Crippen molar-refractivity contribution >= 4 is 11.9 Å². The number of rotatable bonds is 7. The second-order valence-corrected chi connectivity index (χ2v) is 4.90. The number of carboxylic acid groups (broad SMARTS) is 1. The van der Waals surface area contributed by atoms with E-state index in [4.69, 9.17) is 4.74 Å². The van der Waals surface area contributed by atoms with E-state index in [1.165, 1.54) is 0 Å². The highest BCUT2D eigenvalue weighted by atomic mass is 16.5. The van der Waals surface area contributed by atoms with Gasteiger partial charge in [0.15, 0.2) is 0 Å². The number of carboxylic acids is 1. The molecule has 0 aromatic rings. The molecule has 0 radical (unpaired) electrons. The van der Waals surface area contributed by atoms with Crippen LogP contribution in [0.3, 0.4) is 0 Å². The number of hydrogen-bond donors (Lipinski definition) is 1. The first-order valence-corrected chi connectivity index (χ1v) is 6.73. The van der Waals surface area contributed by atoms with Gasteiger partial charge in [-0.1, -0.05) is 18.9 Å². The zero-order chi connectivity index (χ0) is 14.3. The SMILES string of the molecule is C=CCN(CCOC)C(=O)C1CCCCC1C(=O)O. The van der Waals surface area contributed by atoms with Crippen LogP contribution in [-0.2, 0) is 14.3 Å². The van der Waals surface area contributed by atoms with Crippen molar-refractivity contribution in [2.24, 2.45) is 11.8 Å². The molecule has 0 heterocycles. The highest BCUT2D eigenvalue weighted by Crippen LogP contribution is 2.31. The van der Waals surface area contributed by atoms with Crippen LogP contribution in [-0.4, -0.2) is 48.7 Å². The Morgan fingerprint density at radius 1 is 1.37 bits per heavy atom. The number of nitrogens with zero attached hydrogens (tertiary/aromatic N) is 1. The average Bonchev–Trinajstić information content (AvgIpc) is 2.42. The maximum Gasteiger partial charge on any atom is 0.307 e. The summed E-state index contributed by atoms with van der Waals surface area (Å²) in [5, 5.41) is 9.23. The maximum atomic E-state index is 12.5. The summed E-state index contributed by atoms with van der Waals surface area (Å²) in [6.07, 6.45) is 4.73. The van der Waals surface area contributed by atoms with Crippen molar-refractivity contribution in [1.82, 2.24) is 4.90 Å². The van der Waals surface area contributed by atoms with Gasteiger partial charge in [0.25, 0.3) is 0 Å². The molecule has 1 amide bonds. The summed E-state index contributed by atoms with van der Waals surface area (Å²) < 4.78 is 4.99. The molecular formula is C14H23NO4. The van der Waals surface area contributed by atoms with Crippen LogP contribution in [0.15, 0.2) is 12.7 Å². The van der Waals surface area contributed by atoms with Crippen LogP contribution in [0.2, 0.25) is 0 Å². The van der Waals surface area contributed by atoms with E-state index < -0.39 is 17.8 Å². The normalized spacial score (nSPS) is 22.8. The topological polar surface area (TPSA) is 66.8 Å². The summed E-state index contributed by atoms with van der Waals surface area (Å²) in [5.74, 6) is -1.88. The Hall–Kier alpha value is -1.36. The fourth-order valence-electron chi connectivity index (χ4n) is 2.61. The average molecular weight is 269 g/mol. The molecule has 0 aliphatic heterocycles. The molecule has 108 valence electrons. The van der Waals surface area contributed by atoms with E-state index in [2.05, 4.69) is 6.58 Å². The van der Waals surface area contributed by atoms with Crippen LogP contribution >= 0.6 is 0 Å². The lowest BCUT2D eigenvalue weighted by atomic mass is 9.78. The Balaban J connectivity index is 2.74. The monoisotopic (exact) mass is 269 g/mol.